The third kappa shape index (κ3) is 2.92. The van der Waals surface area contributed by atoms with Crippen LogP contribution < -0.4 is 0 Å². The number of hydrogen-bond donors (Lipinski definition) is 1. The van der Waals surface area contributed by atoms with Crippen molar-refractivity contribution in [1.82, 2.24) is 9.58 Å². The highest BCUT2D eigenvalue weighted by molar-refractivity contribution is 8.26. The van der Waals surface area contributed by atoms with Crippen LogP contribution in [0.5, 0.6) is 0 Å². The van der Waals surface area contributed by atoms with E-state index in [2.05, 4.69) is 46.7 Å². The van der Waals surface area contributed by atoms with Crippen LogP contribution in [0.2, 0.25) is 0 Å². The van der Waals surface area contributed by atoms with Crippen molar-refractivity contribution in [2.45, 2.75) is 34.6 Å². The molecule has 0 saturated carbocycles. The van der Waals surface area contributed by atoms with Gasteiger partial charge in [0.15, 0.2) is 5.84 Å². The smallest absolute Gasteiger partial charge is 0.283 e. The van der Waals surface area contributed by atoms with Crippen LogP contribution >= 0.6 is 11.8 Å². The van der Waals surface area contributed by atoms with E-state index in [4.69, 9.17) is 5.41 Å². The number of aryl methyl sites for hydroxylation is 3. The van der Waals surface area contributed by atoms with Gasteiger partial charge in [0.1, 0.15) is 0 Å². The number of aromatic nitrogens is 1. The van der Waals surface area contributed by atoms with Crippen LogP contribution in [0, 0.1) is 33.1 Å². The van der Waals surface area contributed by atoms with Gasteiger partial charge in [-0.05, 0) is 87.3 Å². The number of benzene rings is 1. The Morgan fingerprint density at radius 2 is 1.82 bits per heavy atom. The van der Waals surface area contributed by atoms with Gasteiger partial charge in [0.25, 0.3) is 5.91 Å². The SMILES string of the molecule is CC1=NN2C(=N)/C(=C\c3cc(C)n(-c4ccc(C)c(C)c4)c3C)C(=O)N=C2S1. The molecule has 1 aromatic heterocycles. The van der Waals surface area contributed by atoms with Gasteiger partial charge in [0.2, 0.25) is 5.17 Å². The van der Waals surface area contributed by atoms with Gasteiger partial charge in [-0.2, -0.15) is 15.1 Å². The van der Waals surface area contributed by atoms with Crippen LogP contribution in [0.25, 0.3) is 11.8 Å². The van der Waals surface area contributed by atoms with Gasteiger partial charge in [-0.3, -0.25) is 10.2 Å². The Kier molecular flexibility index (Phi) is 4.34. The van der Waals surface area contributed by atoms with Crippen molar-refractivity contribution in [3.05, 3.63) is 57.9 Å². The lowest BCUT2D eigenvalue weighted by Crippen LogP contribution is -2.35. The highest BCUT2D eigenvalue weighted by Gasteiger charge is 2.34. The minimum atomic E-state index is -0.398. The molecular formula is C21H21N5OS. The maximum atomic E-state index is 12.5. The highest BCUT2D eigenvalue weighted by Crippen LogP contribution is 2.29. The van der Waals surface area contributed by atoms with E-state index in [0.717, 1.165) is 27.7 Å². The number of hydrogen-bond acceptors (Lipinski definition) is 4. The summed E-state index contributed by atoms with van der Waals surface area (Å²) in [4.78, 5) is 16.6. The van der Waals surface area contributed by atoms with Gasteiger partial charge in [-0.15, -0.1) is 0 Å². The molecule has 0 unspecified atom stereocenters. The standard InChI is InChI=1S/C21H21N5OS/c1-11-6-7-17(8-12(11)2)25-13(3)9-16(14(25)4)10-18-19(22)26-21(23-20(18)27)28-15(5)24-26/h6-10,22H,1-5H3/b18-10+,22-19?. The van der Waals surface area contributed by atoms with Crippen LogP contribution in [0.1, 0.15) is 35.0 Å². The second-order valence-corrected chi connectivity index (χ2v) is 8.23. The second-order valence-electron chi connectivity index (χ2n) is 7.07. The van der Waals surface area contributed by atoms with Crippen LogP contribution in [-0.2, 0) is 4.79 Å². The summed E-state index contributed by atoms with van der Waals surface area (Å²) in [5, 5.41) is 15.4. The Hall–Kier alpha value is -2.93. The Morgan fingerprint density at radius 1 is 1.07 bits per heavy atom. The lowest BCUT2D eigenvalue weighted by Gasteiger charge is -2.20. The highest BCUT2D eigenvalue weighted by atomic mass is 32.2. The van der Waals surface area contributed by atoms with Crippen molar-refractivity contribution in [2.75, 3.05) is 0 Å². The fourth-order valence-electron chi connectivity index (χ4n) is 3.44. The summed E-state index contributed by atoms with van der Waals surface area (Å²) in [7, 11) is 0. The van der Waals surface area contributed by atoms with Gasteiger partial charge in [-0.1, -0.05) is 6.07 Å². The zero-order valence-electron chi connectivity index (χ0n) is 16.5. The number of nitrogens with zero attached hydrogens (tertiary/aromatic N) is 4. The number of rotatable bonds is 2. The van der Waals surface area contributed by atoms with Crippen molar-refractivity contribution in [2.24, 2.45) is 10.1 Å². The summed E-state index contributed by atoms with van der Waals surface area (Å²) in [6, 6.07) is 8.41. The predicted octanol–water partition coefficient (Wildman–Crippen LogP) is 4.35. The lowest BCUT2D eigenvalue weighted by atomic mass is 10.1. The number of amides is 1. The first-order valence-corrected chi connectivity index (χ1v) is 9.81. The van der Waals surface area contributed by atoms with Gasteiger partial charge in [0, 0.05) is 17.1 Å². The minimum absolute atomic E-state index is 0.0651. The monoisotopic (exact) mass is 391 g/mol. The van der Waals surface area contributed by atoms with Gasteiger partial charge >= 0.3 is 0 Å². The number of thioether (sulfide) groups is 1. The average molecular weight is 392 g/mol. The maximum absolute atomic E-state index is 12.5. The lowest BCUT2D eigenvalue weighted by molar-refractivity contribution is -0.114. The largest absolute Gasteiger partial charge is 0.318 e. The Balaban J connectivity index is 1.78. The minimum Gasteiger partial charge on any atom is -0.318 e. The quantitative estimate of drug-likeness (QED) is 0.774. The molecular weight excluding hydrogens is 370 g/mol. The van der Waals surface area contributed by atoms with Gasteiger partial charge in [0.05, 0.1) is 10.6 Å². The first-order valence-electron chi connectivity index (χ1n) is 8.99. The van der Waals surface area contributed by atoms with Crippen molar-refractivity contribution in [3.8, 4) is 5.69 Å². The van der Waals surface area contributed by atoms with E-state index in [-0.39, 0.29) is 11.4 Å². The molecule has 6 nitrogen and oxygen atoms in total. The maximum Gasteiger partial charge on any atom is 0.283 e. The van der Waals surface area contributed by atoms with Gasteiger partial charge < -0.3 is 4.57 Å². The number of amidine groups is 2. The Labute approximate surface area is 168 Å². The molecule has 1 aromatic carbocycles. The molecule has 0 bridgehead atoms. The molecule has 0 radical (unpaired) electrons. The molecule has 2 aromatic rings. The summed E-state index contributed by atoms with van der Waals surface area (Å²) in [5.74, 6) is -0.333. The molecule has 3 heterocycles. The zero-order chi connectivity index (χ0) is 20.2. The second kappa shape index (κ2) is 6.60. The molecule has 1 N–H and O–H groups in total. The van der Waals surface area contributed by atoms with Crippen molar-refractivity contribution in [1.29, 1.82) is 5.41 Å². The van der Waals surface area contributed by atoms with Crippen molar-refractivity contribution in [3.63, 3.8) is 0 Å². The summed E-state index contributed by atoms with van der Waals surface area (Å²) in [6.45, 7) is 10.1. The molecule has 2 aliphatic rings. The molecule has 1 amide bonds. The van der Waals surface area contributed by atoms with Crippen LogP contribution in [0.15, 0.2) is 39.9 Å². The van der Waals surface area contributed by atoms with E-state index < -0.39 is 5.91 Å². The normalized spacial score (nSPS) is 17.9. The molecule has 2 aliphatic heterocycles. The summed E-state index contributed by atoms with van der Waals surface area (Å²) >= 11 is 1.31. The first kappa shape index (κ1) is 18.4. The number of fused-ring (bicyclic) bond motifs is 1. The van der Waals surface area contributed by atoms with E-state index in [0.29, 0.717) is 5.17 Å². The zero-order valence-corrected chi connectivity index (χ0v) is 17.3. The molecule has 28 heavy (non-hydrogen) atoms. The molecule has 0 atom stereocenters. The predicted molar refractivity (Wildman–Crippen MR) is 115 cm³/mol. The van der Waals surface area contributed by atoms with E-state index in [1.807, 2.05) is 26.8 Å². The number of nitrogens with one attached hydrogen (secondary N) is 1. The number of carbonyl (C=O) groups excluding carboxylic acids is 1. The van der Waals surface area contributed by atoms with Crippen LogP contribution in [-0.4, -0.2) is 31.5 Å². The molecule has 0 aliphatic carbocycles. The summed E-state index contributed by atoms with van der Waals surface area (Å²) in [5.41, 5.74) is 6.80. The van der Waals surface area contributed by atoms with Gasteiger partial charge in [-0.25, -0.2) is 0 Å². The number of aliphatic imine (C=N–C) groups is 1. The molecule has 7 heteroatoms. The molecule has 0 spiro atoms. The third-order valence-electron chi connectivity index (χ3n) is 5.07. The molecule has 0 fully saturated rings. The summed E-state index contributed by atoms with van der Waals surface area (Å²) in [6.07, 6.45) is 1.75. The first-order chi connectivity index (χ1) is 13.3. The Bertz CT molecular complexity index is 1140. The van der Waals surface area contributed by atoms with E-state index in [9.17, 15) is 4.79 Å². The molecule has 0 saturated heterocycles. The molecule has 4 rings (SSSR count). The molecule has 142 valence electrons. The topological polar surface area (TPSA) is 73.8 Å². The summed E-state index contributed by atoms with van der Waals surface area (Å²) < 4.78 is 2.17. The third-order valence-corrected chi connectivity index (χ3v) is 5.90. The fourth-order valence-corrected chi connectivity index (χ4v) is 4.17. The average Bonchev–Trinajstić information content (AvgIpc) is 3.13. The van der Waals surface area contributed by atoms with E-state index >= 15 is 0 Å². The van der Waals surface area contributed by atoms with Crippen LogP contribution in [0.3, 0.4) is 0 Å². The van der Waals surface area contributed by atoms with Crippen molar-refractivity contribution >= 4 is 39.8 Å². The Morgan fingerprint density at radius 3 is 2.54 bits per heavy atom. The van der Waals surface area contributed by atoms with Crippen LogP contribution in [0.4, 0.5) is 0 Å². The van der Waals surface area contributed by atoms with Crippen molar-refractivity contribution < 1.29 is 4.79 Å². The van der Waals surface area contributed by atoms with E-state index in [1.54, 1.807) is 6.08 Å². The van der Waals surface area contributed by atoms with E-state index in [1.165, 1.54) is 27.9 Å². The number of carbonyl (C=O) groups is 1. The number of hydrazone groups is 1. The fraction of sp³-hybridized carbons (Fsp3) is 0.238.